The number of rotatable bonds is 6. The topological polar surface area (TPSA) is 109 Å². The molecule has 0 aliphatic carbocycles. The predicted octanol–water partition coefficient (Wildman–Crippen LogP) is 4.66. The van der Waals surface area contributed by atoms with Crippen LogP contribution in [-0.4, -0.2) is 60.1 Å². The van der Waals surface area contributed by atoms with E-state index in [0.717, 1.165) is 36.2 Å². The zero-order valence-corrected chi connectivity index (χ0v) is 23.1. The van der Waals surface area contributed by atoms with Crippen LogP contribution in [0.1, 0.15) is 52.5 Å². The van der Waals surface area contributed by atoms with E-state index in [2.05, 4.69) is 29.9 Å². The smallest absolute Gasteiger partial charge is 0.416 e. The molecular weight excluding hydrogens is 543 g/mol. The summed E-state index contributed by atoms with van der Waals surface area (Å²) in [5.41, 5.74) is 2.69. The second-order valence-electron chi connectivity index (χ2n) is 10.2. The quantitative estimate of drug-likeness (QED) is 0.410. The molecule has 212 valence electrons. The standard InChI is InChI=1S/C27H30F3N7O2S/c1-16-10-20(27(28,29)30)4-5-22(16)33-26-32-13-19-14-36(15-23(19)34-26)21-7-9-37(17(2)11-21)25(38)18-6-8-31-24(12-18)35-40(3)39/h4-6,8,10,12-13,17,21H,7,9,11,14-15H2,1-3H3,(H,31,35)(H,32,33,34)/t17-,21-,40?/m1/s1. The van der Waals surface area contributed by atoms with E-state index in [9.17, 15) is 22.5 Å². The number of aryl methyl sites for hydroxylation is 1. The first-order valence-electron chi connectivity index (χ1n) is 12.9. The highest BCUT2D eigenvalue weighted by Gasteiger charge is 2.35. The highest BCUT2D eigenvalue weighted by atomic mass is 32.2. The third kappa shape index (κ3) is 6.16. The number of carbonyl (C=O) groups is 1. The summed E-state index contributed by atoms with van der Waals surface area (Å²) in [7, 11) is 0. The van der Waals surface area contributed by atoms with E-state index in [-0.39, 0.29) is 18.0 Å². The number of alkyl halides is 3. The van der Waals surface area contributed by atoms with Crippen LogP contribution in [0.15, 0.2) is 42.7 Å². The molecule has 2 N–H and O–H groups in total. The molecule has 3 atom stereocenters. The average molecular weight is 574 g/mol. The van der Waals surface area contributed by atoms with Crippen molar-refractivity contribution in [2.24, 2.45) is 0 Å². The highest BCUT2D eigenvalue weighted by Crippen LogP contribution is 2.33. The monoisotopic (exact) mass is 573 g/mol. The normalized spacial score (nSPS) is 20.2. The summed E-state index contributed by atoms with van der Waals surface area (Å²) in [5.74, 6) is 0.658. The Morgan fingerprint density at radius 1 is 1.18 bits per heavy atom. The van der Waals surface area contributed by atoms with Gasteiger partial charge in [0.05, 0.1) is 22.6 Å². The van der Waals surface area contributed by atoms with Gasteiger partial charge in [-0.1, -0.05) is 0 Å². The van der Waals surface area contributed by atoms with Crippen LogP contribution < -0.4 is 10.0 Å². The Labute approximate surface area is 233 Å². The molecule has 2 aromatic heterocycles. The molecule has 2 aliphatic heterocycles. The molecule has 0 saturated carbocycles. The van der Waals surface area contributed by atoms with Gasteiger partial charge in [0.25, 0.3) is 5.91 Å². The molecule has 4 heterocycles. The Bertz CT molecular complexity index is 1400. The number of likely N-dealkylation sites (tertiary alicyclic amines) is 1. The van der Waals surface area contributed by atoms with Crippen molar-refractivity contribution in [1.29, 1.82) is 0 Å². The maximum absolute atomic E-state index is 13.2. The fourth-order valence-corrected chi connectivity index (χ4v) is 5.72. The van der Waals surface area contributed by atoms with Crippen LogP contribution >= 0.6 is 0 Å². The van der Waals surface area contributed by atoms with Crippen LogP contribution in [0.4, 0.5) is 30.6 Å². The van der Waals surface area contributed by atoms with Gasteiger partial charge in [0, 0.05) is 60.9 Å². The molecule has 2 aliphatic rings. The summed E-state index contributed by atoms with van der Waals surface area (Å²) >= 11 is -1.28. The minimum atomic E-state index is -4.39. The first kappa shape index (κ1) is 28.1. The van der Waals surface area contributed by atoms with E-state index >= 15 is 0 Å². The lowest BCUT2D eigenvalue weighted by Gasteiger charge is -2.41. The Morgan fingerprint density at radius 3 is 2.67 bits per heavy atom. The van der Waals surface area contributed by atoms with E-state index in [1.54, 1.807) is 25.3 Å². The fourth-order valence-electron chi connectivity index (χ4n) is 5.31. The number of nitrogens with zero attached hydrogens (tertiary/aromatic N) is 5. The summed E-state index contributed by atoms with van der Waals surface area (Å²) in [4.78, 5) is 30.6. The summed E-state index contributed by atoms with van der Waals surface area (Å²) < 4.78 is 53.2. The number of aromatic nitrogens is 3. The first-order valence-corrected chi connectivity index (χ1v) is 14.4. The Balaban J connectivity index is 1.20. The van der Waals surface area contributed by atoms with Gasteiger partial charge in [0.1, 0.15) is 6.26 Å². The van der Waals surface area contributed by atoms with Crippen LogP contribution in [0, 0.1) is 6.92 Å². The Kier molecular flexibility index (Phi) is 7.89. The lowest BCUT2D eigenvalue weighted by molar-refractivity contribution is -0.137. The number of anilines is 3. The van der Waals surface area contributed by atoms with Crippen molar-refractivity contribution in [3.05, 3.63) is 70.7 Å². The third-order valence-corrected chi connectivity index (χ3v) is 7.86. The molecule has 1 amide bonds. The molecule has 0 bridgehead atoms. The minimum Gasteiger partial charge on any atom is -0.593 e. The van der Waals surface area contributed by atoms with E-state index in [4.69, 9.17) is 0 Å². The van der Waals surface area contributed by atoms with Gasteiger partial charge in [-0.25, -0.2) is 15.0 Å². The molecule has 13 heteroatoms. The molecule has 9 nitrogen and oxygen atoms in total. The minimum absolute atomic E-state index is 0.0193. The second-order valence-corrected chi connectivity index (χ2v) is 11.3. The molecule has 5 rings (SSSR count). The Morgan fingerprint density at radius 2 is 1.98 bits per heavy atom. The molecule has 0 radical (unpaired) electrons. The maximum atomic E-state index is 13.2. The summed E-state index contributed by atoms with van der Waals surface area (Å²) in [6, 6.07) is 7.11. The van der Waals surface area contributed by atoms with Crippen molar-refractivity contribution in [2.75, 3.05) is 22.8 Å². The van der Waals surface area contributed by atoms with E-state index in [1.165, 1.54) is 18.5 Å². The van der Waals surface area contributed by atoms with Crippen LogP contribution in [0.25, 0.3) is 0 Å². The van der Waals surface area contributed by atoms with Crippen molar-refractivity contribution in [3.63, 3.8) is 0 Å². The summed E-state index contributed by atoms with van der Waals surface area (Å²) in [6.07, 6.45) is 2.02. The molecule has 1 aromatic carbocycles. The van der Waals surface area contributed by atoms with Gasteiger partial charge in [0.15, 0.2) is 5.82 Å². The molecule has 0 spiro atoms. The molecule has 1 saturated heterocycles. The molecule has 40 heavy (non-hydrogen) atoms. The lowest BCUT2D eigenvalue weighted by atomic mass is 9.96. The summed E-state index contributed by atoms with van der Waals surface area (Å²) in [6.45, 7) is 5.60. The number of piperidine rings is 1. The maximum Gasteiger partial charge on any atom is 0.416 e. The van der Waals surface area contributed by atoms with Gasteiger partial charge >= 0.3 is 6.18 Å². The van der Waals surface area contributed by atoms with Gasteiger partial charge in [0.2, 0.25) is 5.95 Å². The zero-order valence-electron chi connectivity index (χ0n) is 22.3. The molecule has 3 aromatic rings. The van der Waals surface area contributed by atoms with E-state index in [0.29, 0.717) is 48.2 Å². The highest BCUT2D eigenvalue weighted by molar-refractivity contribution is 7.92. The second kappa shape index (κ2) is 11.2. The largest absolute Gasteiger partial charge is 0.593 e. The number of fused-ring (bicyclic) bond motifs is 1. The van der Waals surface area contributed by atoms with Crippen molar-refractivity contribution >= 4 is 34.7 Å². The third-order valence-electron chi connectivity index (χ3n) is 7.36. The average Bonchev–Trinajstić information content (AvgIpc) is 3.32. The Hall–Kier alpha value is -3.42. The number of hydrogen-bond donors (Lipinski definition) is 2. The van der Waals surface area contributed by atoms with E-state index < -0.39 is 23.1 Å². The van der Waals surface area contributed by atoms with Crippen LogP contribution in [0.2, 0.25) is 0 Å². The molecular formula is C27H30F3N7O2S. The zero-order chi connectivity index (χ0) is 28.6. The first-order chi connectivity index (χ1) is 19.0. The van der Waals surface area contributed by atoms with Gasteiger partial charge in [-0.05, 0) is 62.6 Å². The van der Waals surface area contributed by atoms with Gasteiger partial charge in [-0.3, -0.25) is 9.69 Å². The number of carbonyl (C=O) groups excluding carboxylic acids is 1. The molecule has 1 fully saturated rings. The number of hydrogen-bond acceptors (Lipinski definition) is 8. The van der Waals surface area contributed by atoms with Crippen LogP contribution in [-0.2, 0) is 30.6 Å². The van der Waals surface area contributed by atoms with Gasteiger partial charge in [-0.15, -0.1) is 0 Å². The van der Waals surface area contributed by atoms with Crippen molar-refractivity contribution in [3.8, 4) is 0 Å². The van der Waals surface area contributed by atoms with Gasteiger partial charge < -0.3 is 14.8 Å². The molecule has 1 unspecified atom stereocenters. The van der Waals surface area contributed by atoms with E-state index in [1.807, 2.05) is 11.8 Å². The van der Waals surface area contributed by atoms with Crippen LogP contribution in [0.5, 0.6) is 0 Å². The van der Waals surface area contributed by atoms with Gasteiger partial charge in [-0.2, -0.15) is 17.9 Å². The lowest BCUT2D eigenvalue weighted by Crippen LogP contribution is -2.50. The van der Waals surface area contributed by atoms with Crippen molar-refractivity contribution in [1.82, 2.24) is 24.8 Å². The van der Waals surface area contributed by atoms with Crippen molar-refractivity contribution < 1.29 is 22.5 Å². The number of pyridine rings is 1. The number of benzene rings is 1. The van der Waals surface area contributed by atoms with Crippen molar-refractivity contribution in [2.45, 2.75) is 58.0 Å². The summed E-state index contributed by atoms with van der Waals surface area (Å²) in [5, 5.41) is 3.05. The number of halogens is 3. The SMILES string of the molecule is Cc1cc(C(F)(F)F)ccc1Nc1ncc2c(n1)CN([C@@H]1CCN(C(=O)c3ccnc(N[S+](C)[O-])c3)[C@H](C)C1)C2. The predicted molar refractivity (Wildman–Crippen MR) is 146 cm³/mol. The van der Waals surface area contributed by atoms with Crippen LogP contribution in [0.3, 0.4) is 0 Å². The number of amides is 1. The number of nitrogens with one attached hydrogen (secondary N) is 2. The fraction of sp³-hybridized carbons (Fsp3) is 0.407.